The van der Waals surface area contributed by atoms with E-state index in [0.717, 1.165) is 5.69 Å². The molecular formula is C9H14N2O2. The van der Waals surface area contributed by atoms with Gasteiger partial charge in [-0.05, 0) is 0 Å². The van der Waals surface area contributed by atoms with Gasteiger partial charge in [-0.25, -0.2) is 9.78 Å². The highest BCUT2D eigenvalue weighted by molar-refractivity contribution is 5.85. The minimum atomic E-state index is -0.435. The molecule has 0 aliphatic carbocycles. The van der Waals surface area contributed by atoms with Crippen molar-refractivity contribution in [3.8, 4) is 0 Å². The number of aromatic amines is 1. The van der Waals surface area contributed by atoms with Crippen LogP contribution in [0, 0.1) is 0 Å². The Morgan fingerprint density at radius 3 is 2.54 bits per heavy atom. The first-order valence-electron chi connectivity index (χ1n) is 4.09. The van der Waals surface area contributed by atoms with E-state index in [1.54, 1.807) is 6.20 Å². The van der Waals surface area contributed by atoms with Gasteiger partial charge in [0.15, 0.2) is 0 Å². The summed E-state index contributed by atoms with van der Waals surface area (Å²) in [5.41, 5.74) is 0.895. The van der Waals surface area contributed by atoms with Gasteiger partial charge < -0.3 is 9.72 Å². The normalized spacial score (nSPS) is 11.4. The zero-order chi connectivity index (χ0) is 10.1. The number of ether oxygens (including phenoxy) is 1. The van der Waals surface area contributed by atoms with Gasteiger partial charge in [-0.3, -0.25) is 0 Å². The maximum atomic E-state index is 11.0. The number of hydrogen-bond acceptors (Lipinski definition) is 3. The molecule has 0 radical (unpaired) electrons. The number of imidazole rings is 1. The summed E-state index contributed by atoms with van der Waals surface area (Å²) in [5.74, 6) is -0.178. The lowest BCUT2D eigenvalue weighted by Crippen LogP contribution is -2.12. The monoisotopic (exact) mass is 182 g/mol. The van der Waals surface area contributed by atoms with Gasteiger partial charge in [0.1, 0.15) is 0 Å². The molecule has 1 aromatic rings. The molecule has 1 N–H and O–H groups in total. The largest absolute Gasteiger partial charge is 0.463 e. The van der Waals surface area contributed by atoms with Gasteiger partial charge in [0, 0.05) is 17.3 Å². The number of nitrogens with zero attached hydrogens (tertiary/aromatic N) is 1. The fraction of sp³-hybridized carbons (Fsp3) is 0.556. The molecule has 0 spiro atoms. The molecule has 13 heavy (non-hydrogen) atoms. The molecular weight excluding hydrogens is 168 g/mol. The lowest BCUT2D eigenvalue weighted by Gasteiger charge is -2.14. The molecule has 0 unspecified atom stereocenters. The van der Waals surface area contributed by atoms with Crippen LogP contribution < -0.4 is 0 Å². The third kappa shape index (κ3) is 2.08. The Balaban J connectivity index is 2.93. The Bertz CT molecular complexity index is 310. The van der Waals surface area contributed by atoms with E-state index in [9.17, 15) is 4.79 Å². The Labute approximate surface area is 77.3 Å². The molecule has 4 nitrogen and oxygen atoms in total. The Kier molecular flexibility index (Phi) is 2.40. The van der Waals surface area contributed by atoms with E-state index in [2.05, 4.69) is 14.7 Å². The summed E-state index contributed by atoms with van der Waals surface area (Å²) >= 11 is 0. The van der Waals surface area contributed by atoms with Crippen molar-refractivity contribution in [1.82, 2.24) is 9.97 Å². The van der Waals surface area contributed by atoms with Crippen LogP contribution in [0.5, 0.6) is 0 Å². The van der Waals surface area contributed by atoms with Crippen LogP contribution in [0.1, 0.15) is 37.1 Å². The van der Waals surface area contributed by atoms with E-state index >= 15 is 0 Å². The average Bonchev–Trinajstić information content (AvgIpc) is 2.50. The highest BCUT2D eigenvalue weighted by atomic mass is 16.5. The van der Waals surface area contributed by atoms with Crippen molar-refractivity contribution in [2.75, 3.05) is 7.11 Å². The summed E-state index contributed by atoms with van der Waals surface area (Å²) in [6, 6.07) is 0. The predicted molar refractivity (Wildman–Crippen MR) is 48.6 cm³/mol. The van der Waals surface area contributed by atoms with Gasteiger partial charge >= 0.3 is 5.97 Å². The fourth-order valence-corrected chi connectivity index (χ4v) is 0.903. The van der Waals surface area contributed by atoms with Gasteiger partial charge in [0.2, 0.25) is 5.82 Å². The van der Waals surface area contributed by atoms with Crippen LogP contribution in [0.25, 0.3) is 0 Å². The van der Waals surface area contributed by atoms with Crippen molar-refractivity contribution in [1.29, 1.82) is 0 Å². The number of carbonyl (C=O) groups excluding carboxylic acids is 1. The minimum Gasteiger partial charge on any atom is -0.463 e. The molecule has 1 rings (SSSR count). The van der Waals surface area contributed by atoms with E-state index in [1.165, 1.54) is 7.11 Å². The van der Waals surface area contributed by atoms with Gasteiger partial charge in [-0.15, -0.1) is 0 Å². The van der Waals surface area contributed by atoms with Crippen LogP contribution >= 0.6 is 0 Å². The number of rotatable bonds is 1. The van der Waals surface area contributed by atoms with Crippen molar-refractivity contribution in [3.05, 3.63) is 17.7 Å². The first-order chi connectivity index (χ1) is 5.95. The number of esters is 1. The fourth-order valence-electron chi connectivity index (χ4n) is 0.903. The Morgan fingerprint density at radius 1 is 1.54 bits per heavy atom. The van der Waals surface area contributed by atoms with Gasteiger partial charge in [0.25, 0.3) is 0 Å². The predicted octanol–water partition coefficient (Wildman–Crippen LogP) is 1.49. The number of methoxy groups -OCH3 is 1. The summed E-state index contributed by atoms with van der Waals surface area (Å²) < 4.78 is 4.53. The van der Waals surface area contributed by atoms with Gasteiger partial charge in [-0.2, -0.15) is 0 Å². The maximum Gasteiger partial charge on any atom is 0.374 e. The molecule has 0 aliphatic rings. The van der Waals surface area contributed by atoms with Crippen molar-refractivity contribution < 1.29 is 9.53 Å². The molecule has 0 bridgehead atoms. The van der Waals surface area contributed by atoms with Crippen molar-refractivity contribution >= 4 is 5.97 Å². The number of aromatic nitrogens is 2. The van der Waals surface area contributed by atoms with E-state index < -0.39 is 5.97 Å². The second-order valence-corrected chi connectivity index (χ2v) is 3.89. The second-order valence-electron chi connectivity index (χ2n) is 3.89. The van der Waals surface area contributed by atoms with E-state index in [-0.39, 0.29) is 11.2 Å². The zero-order valence-corrected chi connectivity index (χ0v) is 8.34. The third-order valence-electron chi connectivity index (χ3n) is 1.76. The van der Waals surface area contributed by atoms with Crippen molar-refractivity contribution in [2.24, 2.45) is 0 Å². The molecule has 0 atom stereocenters. The summed E-state index contributed by atoms with van der Waals surface area (Å²) in [6.07, 6.45) is 1.66. The van der Waals surface area contributed by atoms with Crippen LogP contribution in [-0.4, -0.2) is 23.0 Å². The quantitative estimate of drug-likeness (QED) is 0.669. The number of H-pyrrole nitrogens is 1. The van der Waals surface area contributed by atoms with Crippen LogP contribution in [0.4, 0.5) is 0 Å². The van der Waals surface area contributed by atoms with E-state index in [1.807, 2.05) is 20.8 Å². The standard InChI is InChI=1S/C9H14N2O2/c1-9(2,3)6-5-10-7(11-6)8(12)13-4/h5H,1-4H3,(H,10,11). The molecule has 0 aromatic carbocycles. The zero-order valence-electron chi connectivity index (χ0n) is 8.34. The molecule has 72 valence electrons. The van der Waals surface area contributed by atoms with Gasteiger partial charge in [-0.1, -0.05) is 20.8 Å². The van der Waals surface area contributed by atoms with Crippen LogP contribution in [0.2, 0.25) is 0 Å². The molecule has 4 heteroatoms. The average molecular weight is 182 g/mol. The second kappa shape index (κ2) is 3.20. The van der Waals surface area contributed by atoms with Crippen molar-refractivity contribution in [2.45, 2.75) is 26.2 Å². The molecule has 1 aromatic heterocycles. The van der Waals surface area contributed by atoms with Crippen LogP contribution in [0.15, 0.2) is 6.20 Å². The summed E-state index contributed by atoms with van der Waals surface area (Å²) in [7, 11) is 1.33. The lowest BCUT2D eigenvalue weighted by molar-refractivity contribution is 0.0588. The summed E-state index contributed by atoms with van der Waals surface area (Å²) in [4.78, 5) is 17.9. The Morgan fingerprint density at radius 2 is 2.15 bits per heavy atom. The van der Waals surface area contributed by atoms with Crippen LogP contribution in [-0.2, 0) is 10.2 Å². The molecule has 0 saturated heterocycles. The SMILES string of the molecule is COC(=O)c1ncc(C(C)(C)C)[nH]1. The molecule has 0 fully saturated rings. The Hall–Kier alpha value is -1.32. The smallest absolute Gasteiger partial charge is 0.374 e. The molecule has 0 aliphatic heterocycles. The van der Waals surface area contributed by atoms with Crippen LogP contribution in [0.3, 0.4) is 0 Å². The number of carbonyl (C=O) groups is 1. The van der Waals surface area contributed by atoms with Gasteiger partial charge in [0.05, 0.1) is 7.11 Å². The highest BCUT2D eigenvalue weighted by Gasteiger charge is 2.18. The lowest BCUT2D eigenvalue weighted by atomic mass is 9.93. The summed E-state index contributed by atoms with van der Waals surface area (Å²) in [5, 5.41) is 0. The molecule has 0 saturated carbocycles. The first-order valence-corrected chi connectivity index (χ1v) is 4.09. The maximum absolute atomic E-state index is 11.0. The summed E-state index contributed by atoms with van der Waals surface area (Å²) in [6.45, 7) is 6.13. The number of hydrogen-bond donors (Lipinski definition) is 1. The minimum absolute atomic E-state index is 0.0285. The highest BCUT2D eigenvalue weighted by Crippen LogP contribution is 2.19. The third-order valence-corrected chi connectivity index (χ3v) is 1.76. The first kappa shape index (κ1) is 9.77. The topological polar surface area (TPSA) is 55.0 Å². The van der Waals surface area contributed by atoms with E-state index in [0.29, 0.717) is 0 Å². The molecule has 1 heterocycles. The molecule has 0 amide bonds. The van der Waals surface area contributed by atoms with Crippen molar-refractivity contribution in [3.63, 3.8) is 0 Å². The van der Waals surface area contributed by atoms with E-state index in [4.69, 9.17) is 0 Å². The number of nitrogens with one attached hydrogen (secondary N) is 1.